The molecule has 1 aromatic carbocycles. The topological polar surface area (TPSA) is 63.4 Å². The molecule has 6 heteroatoms. The SMILES string of the molecule is C/C=C1\CC[C@H]2[NH+](CC[C@@]34c5cc(O)ccc5N(C)[C@]23OC[C@H]4C(=O)OC)C1. The van der Waals surface area contributed by atoms with Gasteiger partial charge in [0, 0.05) is 25.6 Å². The van der Waals surface area contributed by atoms with E-state index in [1.165, 1.54) is 12.7 Å². The number of piperidine rings is 2. The van der Waals surface area contributed by atoms with Gasteiger partial charge in [-0.1, -0.05) is 6.08 Å². The molecule has 0 radical (unpaired) electrons. The number of quaternary nitrogens is 1. The number of fused-ring (bicyclic) bond motifs is 2. The number of carbonyl (C=O) groups is 1. The van der Waals surface area contributed by atoms with Crippen LogP contribution in [0.15, 0.2) is 29.8 Å². The largest absolute Gasteiger partial charge is 0.508 e. The highest BCUT2D eigenvalue weighted by atomic mass is 16.5. The van der Waals surface area contributed by atoms with E-state index >= 15 is 0 Å². The molecule has 0 aliphatic carbocycles. The summed E-state index contributed by atoms with van der Waals surface area (Å²) >= 11 is 0. The zero-order valence-corrected chi connectivity index (χ0v) is 16.8. The summed E-state index contributed by atoms with van der Waals surface area (Å²) in [5.74, 6) is -0.324. The predicted octanol–water partition coefficient (Wildman–Crippen LogP) is 0.993. The molecule has 4 aliphatic heterocycles. The summed E-state index contributed by atoms with van der Waals surface area (Å²) in [6.45, 7) is 4.53. The molecule has 28 heavy (non-hydrogen) atoms. The number of nitrogens with one attached hydrogen (secondary N) is 1. The zero-order chi connectivity index (χ0) is 19.7. The highest BCUT2D eigenvalue weighted by Gasteiger charge is 2.77. The zero-order valence-electron chi connectivity index (χ0n) is 16.8. The van der Waals surface area contributed by atoms with Gasteiger partial charge in [0.2, 0.25) is 5.72 Å². The first kappa shape index (κ1) is 18.0. The Balaban J connectivity index is 1.72. The lowest BCUT2D eigenvalue weighted by molar-refractivity contribution is -0.939. The number of aromatic hydroxyl groups is 1. The van der Waals surface area contributed by atoms with Crippen molar-refractivity contribution in [1.82, 2.24) is 0 Å². The maximum Gasteiger partial charge on any atom is 0.312 e. The van der Waals surface area contributed by atoms with Crippen molar-refractivity contribution in [1.29, 1.82) is 0 Å². The van der Waals surface area contributed by atoms with Crippen LogP contribution in [-0.2, 0) is 19.7 Å². The summed E-state index contributed by atoms with van der Waals surface area (Å²) in [5, 5.41) is 10.3. The van der Waals surface area contributed by atoms with Crippen molar-refractivity contribution in [3.05, 3.63) is 35.4 Å². The fourth-order valence-corrected chi connectivity index (χ4v) is 6.78. The first-order valence-corrected chi connectivity index (χ1v) is 10.3. The number of allylic oxidation sites excluding steroid dienone is 1. The Morgan fingerprint density at radius 1 is 1.46 bits per heavy atom. The molecule has 4 heterocycles. The average Bonchev–Trinajstić information content (AvgIpc) is 3.18. The van der Waals surface area contributed by atoms with Crippen molar-refractivity contribution in [3.63, 3.8) is 0 Å². The number of anilines is 1. The lowest BCUT2D eigenvalue weighted by Crippen LogP contribution is -3.21. The molecule has 1 unspecified atom stereocenters. The summed E-state index contributed by atoms with van der Waals surface area (Å²) < 4.78 is 11.9. The van der Waals surface area contributed by atoms with Crippen LogP contribution in [0.4, 0.5) is 5.69 Å². The molecule has 3 fully saturated rings. The summed E-state index contributed by atoms with van der Waals surface area (Å²) in [4.78, 5) is 16.7. The van der Waals surface area contributed by atoms with E-state index in [1.54, 1.807) is 11.0 Å². The van der Waals surface area contributed by atoms with Crippen molar-refractivity contribution in [2.75, 3.05) is 38.8 Å². The highest BCUT2D eigenvalue weighted by Crippen LogP contribution is 2.64. The Kier molecular flexibility index (Phi) is 3.84. The molecule has 1 aromatic rings. The minimum Gasteiger partial charge on any atom is -0.508 e. The summed E-state index contributed by atoms with van der Waals surface area (Å²) in [5.41, 5.74) is 2.55. The monoisotopic (exact) mass is 385 g/mol. The van der Waals surface area contributed by atoms with Crippen LogP contribution in [0.1, 0.15) is 31.7 Å². The van der Waals surface area contributed by atoms with Crippen molar-refractivity contribution >= 4 is 11.7 Å². The molecule has 3 saturated heterocycles. The molecule has 4 aliphatic rings. The molecular formula is C22H29N2O4+. The third kappa shape index (κ3) is 1.93. The van der Waals surface area contributed by atoms with Crippen LogP contribution in [0.25, 0.3) is 0 Å². The molecule has 150 valence electrons. The standard InChI is InChI=1S/C22H28N2O4/c1-4-14-5-8-19-22-21(9-10-24(19)12-14,17(13-28-22)20(26)27-3)16-11-15(25)6-7-18(16)23(22)2/h4,6-7,11,17,19,25H,5,8-10,12-13H2,1-3H3/p+1/b14-4+/t17-,19+,21-,22-/m0/s1. The Morgan fingerprint density at radius 2 is 2.29 bits per heavy atom. The number of hydrogen-bond donors (Lipinski definition) is 2. The molecule has 5 atom stereocenters. The number of benzene rings is 1. The average molecular weight is 385 g/mol. The van der Waals surface area contributed by atoms with Gasteiger partial charge in [-0.25, -0.2) is 0 Å². The molecule has 0 amide bonds. The van der Waals surface area contributed by atoms with Crippen molar-refractivity contribution < 1.29 is 24.3 Å². The molecule has 0 spiro atoms. The van der Waals surface area contributed by atoms with Crippen LogP contribution in [0.2, 0.25) is 0 Å². The number of ether oxygens (including phenoxy) is 2. The van der Waals surface area contributed by atoms with Crippen LogP contribution in [0.5, 0.6) is 5.75 Å². The number of phenols is 1. The van der Waals surface area contributed by atoms with Crippen LogP contribution < -0.4 is 9.80 Å². The number of methoxy groups -OCH3 is 1. The van der Waals surface area contributed by atoms with E-state index in [0.717, 1.165) is 43.6 Å². The van der Waals surface area contributed by atoms with E-state index in [-0.39, 0.29) is 23.7 Å². The van der Waals surface area contributed by atoms with E-state index in [4.69, 9.17) is 9.47 Å². The summed E-state index contributed by atoms with van der Waals surface area (Å²) in [7, 11) is 3.55. The van der Waals surface area contributed by atoms with Gasteiger partial charge in [-0.05, 0) is 42.7 Å². The molecule has 5 rings (SSSR count). The molecule has 2 N–H and O–H groups in total. The second kappa shape index (κ2) is 5.97. The number of esters is 1. The quantitative estimate of drug-likeness (QED) is 0.558. The lowest BCUT2D eigenvalue weighted by Gasteiger charge is -2.55. The predicted molar refractivity (Wildman–Crippen MR) is 104 cm³/mol. The van der Waals surface area contributed by atoms with Gasteiger partial charge in [0.05, 0.1) is 38.1 Å². The highest BCUT2D eigenvalue weighted by molar-refractivity contribution is 5.80. The lowest BCUT2D eigenvalue weighted by atomic mass is 9.59. The van der Waals surface area contributed by atoms with Gasteiger partial charge in [0.25, 0.3) is 0 Å². The summed E-state index contributed by atoms with van der Waals surface area (Å²) in [6.07, 6.45) is 5.20. The van der Waals surface area contributed by atoms with Crippen molar-refractivity contribution in [3.8, 4) is 5.75 Å². The number of nitrogens with zero attached hydrogens (tertiary/aromatic N) is 1. The first-order chi connectivity index (χ1) is 13.5. The van der Waals surface area contributed by atoms with Crippen LogP contribution >= 0.6 is 0 Å². The van der Waals surface area contributed by atoms with Crippen LogP contribution in [-0.4, -0.2) is 56.7 Å². The maximum atomic E-state index is 12.9. The Labute approximate surface area is 165 Å². The number of phenolic OH excluding ortho intramolecular Hbond substituents is 1. The van der Waals surface area contributed by atoms with Gasteiger partial charge < -0.3 is 24.4 Å². The molecule has 6 nitrogen and oxygen atoms in total. The Morgan fingerprint density at radius 3 is 3.04 bits per heavy atom. The van der Waals surface area contributed by atoms with E-state index in [1.807, 2.05) is 12.1 Å². The Bertz CT molecular complexity index is 868. The van der Waals surface area contributed by atoms with Crippen molar-refractivity contribution in [2.24, 2.45) is 5.92 Å². The normalized spacial score (nSPS) is 39.9. The van der Waals surface area contributed by atoms with Gasteiger partial charge in [-0.15, -0.1) is 0 Å². The maximum absolute atomic E-state index is 12.9. The smallest absolute Gasteiger partial charge is 0.312 e. The third-order valence-electron chi connectivity index (χ3n) is 7.93. The molecular weight excluding hydrogens is 356 g/mol. The van der Waals surface area contributed by atoms with Gasteiger partial charge >= 0.3 is 5.97 Å². The van der Waals surface area contributed by atoms with E-state index in [2.05, 4.69) is 24.9 Å². The second-order valence-electron chi connectivity index (χ2n) is 8.69. The Hall–Kier alpha value is -2.05. The van der Waals surface area contributed by atoms with E-state index < -0.39 is 11.1 Å². The molecule has 0 bridgehead atoms. The number of carbonyl (C=O) groups excluding carboxylic acids is 1. The number of rotatable bonds is 1. The third-order valence-corrected chi connectivity index (χ3v) is 7.93. The summed E-state index contributed by atoms with van der Waals surface area (Å²) in [6, 6.07) is 5.82. The van der Waals surface area contributed by atoms with Crippen LogP contribution in [0.3, 0.4) is 0 Å². The molecule has 0 saturated carbocycles. The second-order valence-corrected chi connectivity index (χ2v) is 8.69. The fraction of sp³-hybridized carbons (Fsp3) is 0.591. The van der Waals surface area contributed by atoms with Crippen molar-refractivity contribution in [2.45, 2.75) is 43.4 Å². The van der Waals surface area contributed by atoms with Gasteiger partial charge in [-0.3, -0.25) is 4.79 Å². The van der Waals surface area contributed by atoms with E-state index in [9.17, 15) is 9.90 Å². The number of hydrogen-bond acceptors (Lipinski definition) is 5. The molecule has 0 aromatic heterocycles. The minimum absolute atomic E-state index is 0.208. The number of likely N-dealkylation sites (N-methyl/N-ethyl adjacent to an activating group) is 1. The first-order valence-electron chi connectivity index (χ1n) is 10.3. The fourth-order valence-electron chi connectivity index (χ4n) is 6.78. The van der Waals surface area contributed by atoms with Gasteiger partial charge in [0.1, 0.15) is 11.8 Å². The van der Waals surface area contributed by atoms with E-state index in [0.29, 0.717) is 6.61 Å². The van der Waals surface area contributed by atoms with Gasteiger partial charge in [-0.2, -0.15) is 0 Å². The van der Waals surface area contributed by atoms with Crippen LogP contribution in [0, 0.1) is 5.92 Å². The minimum atomic E-state index is -0.575. The van der Waals surface area contributed by atoms with Gasteiger partial charge in [0.15, 0.2) is 0 Å².